The smallest absolute Gasteiger partial charge is 0.0319 e. The average Bonchev–Trinajstić information content (AvgIpc) is 3.10. The van der Waals surface area contributed by atoms with Crippen molar-refractivity contribution in [2.24, 2.45) is 0 Å². The van der Waals surface area contributed by atoms with Gasteiger partial charge in [-0.05, 0) is 73.7 Å². The van der Waals surface area contributed by atoms with Gasteiger partial charge in [0.05, 0.1) is 0 Å². The summed E-state index contributed by atoms with van der Waals surface area (Å²) >= 11 is 0. The Morgan fingerprint density at radius 1 is 0.455 bits per heavy atom. The van der Waals surface area contributed by atoms with Gasteiger partial charge < -0.3 is 5.11 Å². The topological polar surface area (TPSA) is 20.2 Å². The van der Waals surface area contributed by atoms with Crippen molar-refractivity contribution in [3.63, 3.8) is 0 Å². The molecule has 0 aromatic heterocycles. The van der Waals surface area contributed by atoms with Crippen LogP contribution < -0.4 is 0 Å². The van der Waals surface area contributed by atoms with Gasteiger partial charge in [0.15, 0.2) is 0 Å². The summed E-state index contributed by atoms with van der Waals surface area (Å²) < 4.78 is 0. The first-order chi connectivity index (χ1) is 21.5. The summed E-state index contributed by atoms with van der Waals surface area (Å²) in [6, 6.07) is 49.3. The van der Waals surface area contributed by atoms with Crippen molar-refractivity contribution in [2.75, 3.05) is 7.11 Å². The first kappa shape index (κ1) is 36.0. The minimum atomic E-state index is 0.645. The predicted octanol–water partition coefficient (Wildman–Crippen LogP) is 12.5. The summed E-state index contributed by atoms with van der Waals surface area (Å²) in [6.45, 7) is 15.1. The van der Waals surface area contributed by atoms with Crippen molar-refractivity contribution in [3.05, 3.63) is 156 Å². The fraction of sp³-hybridized carbons (Fsp3) is 0.256. The van der Waals surface area contributed by atoms with Crippen LogP contribution in [0, 0.1) is 0 Å². The summed E-state index contributed by atoms with van der Waals surface area (Å²) in [4.78, 5) is 0. The average molecular weight is 585 g/mol. The third-order valence-corrected chi connectivity index (χ3v) is 7.39. The number of hydrogen-bond donors (Lipinski definition) is 1. The van der Waals surface area contributed by atoms with Crippen LogP contribution in [0.3, 0.4) is 0 Å². The zero-order chi connectivity index (χ0) is 32.3. The van der Waals surface area contributed by atoms with E-state index in [1.807, 2.05) is 26.0 Å². The number of aryl methyl sites for hydroxylation is 1. The molecule has 0 aliphatic carbocycles. The van der Waals surface area contributed by atoms with E-state index in [-0.39, 0.29) is 0 Å². The molecule has 0 saturated heterocycles. The predicted molar refractivity (Wildman–Crippen MR) is 197 cm³/mol. The SMILES string of the molecule is CC.CC(C)c1ccc(C(C)C)cc1.CCc1c2ccccc2cc2ccccc12.CO.c1ccc(-c2ccccc2)cc1. The molecule has 0 saturated carbocycles. The van der Waals surface area contributed by atoms with E-state index in [1.165, 1.54) is 49.4 Å². The lowest BCUT2D eigenvalue weighted by Gasteiger charge is -2.09. The number of aliphatic hydroxyl groups excluding tert-OH is 1. The molecule has 0 spiro atoms. The van der Waals surface area contributed by atoms with Crippen LogP contribution in [0.2, 0.25) is 0 Å². The maximum absolute atomic E-state index is 7.00. The van der Waals surface area contributed by atoms with Crippen LogP contribution >= 0.6 is 0 Å². The highest BCUT2D eigenvalue weighted by Gasteiger charge is 2.04. The zero-order valence-corrected chi connectivity index (χ0v) is 28.1. The molecule has 1 nitrogen and oxygen atoms in total. The molecule has 0 bridgehead atoms. The fourth-order valence-electron chi connectivity index (χ4n) is 5.02. The summed E-state index contributed by atoms with van der Waals surface area (Å²) in [5, 5.41) is 12.5. The summed E-state index contributed by atoms with van der Waals surface area (Å²) in [5.74, 6) is 1.29. The van der Waals surface area contributed by atoms with E-state index in [2.05, 4.69) is 162 Å². The Balaban J connectivity index is 0.000000221. The van der Waals surface area contributed by atoms with Crippen LogP contribution in [0.25, 0.3) is 32.7 Å². The van der Waals surface area contributed by atoms with Crippen LogP contribution in [0.1, 0.15) is 77.0 Å². The molecular weight excluding hydrogens is 532 g/mol. The van der Waals surface area contributed by atoms with E-state index in [0.717, 1.165) is 13.5 Å². The number of hydrogen-bond acceptors (Lipinski definition) is 1. The van der Waals surface area contributed by atoms with E-state index in [0.29, 0.717) is 11.8 Å². The van der Waals surface area contributed by atoms with Crippen molar-refractivity contribution in [2.45, 2.75) is 66.7 Å². The Hall–Kier alpha value is -4.20. The molecule has 6 aromatic rings. The van der Waals surface area contributed by atoms with E-state index >= 15 is 0 Å². The van der Waals surface area contributed by atoms with Gasteiger partial charge >= 0.3 is 0 Å². The Kier molecular flexibility index (Phi) is 16.3. The molecule has 0 atom stereocenters. The van der Waals surface area contributed by atoms with Crippen LogP contribution in [0.5, 0.6) is 0 Å². The van der Waals surface area contributed by atoms with Gasteiger partial charge in [-0.25, -0.2) is 0 Å². The highest BCUT2D eigenvalue weighted by atomic mass is 16.2. The van der Waals surface area contributed by atoms with E-state index in [9.17, 15) is 0 Å². The van der Waals surface area contributed by atoms with Gasteiger partial charge in [-0.1, -0.05) is 182 Å². The van der Waals surface area contributed by atoms with Gasteiger partial charge in [0, 0.05) is 7.11 Å². The normalized spacial score (nSPS) is 9.98. The Morgan fingerprint density at radius 2 is 0.773 bits per heavy atom. The zero-order valence-electron chi connectivity index (χ0n) is 28.1. The molecule has 0 radical (unpaired) electrons. The summed E-state index contributed by atoms with van der Waals surface area (Å²) in [5.41, 5.74) is 6.88. The van der Waals surface area contributed by atoms with Gasteiger partial charge in [0.25, 0.3) is 0 Å². The number of fused-ring (bicyclic) bond motifs is 2. The molecule has 6 aromatic carbocycles. The lowest BCUT2D eigenvalue weighted by molar-refractivity contribution is 0.399. The molecule has 0 aliphatic rings. The Labute approximate surface area is 267 Å². The van der Waals surface area contributed by atoms with Crippen molar-refractivity contribution in [1.29, 1.82) is 0 Å². The molecule has 0 amide bonds. The van der Waals surface area contributed by atoms with E-state index in [1.54, 1.807) is 0 Å². The van der Waals surface area contributed by atoms with Gasteiger partial charge in [-0.15, -0.1) is 0 Å². The van der Waals surface area contributed by atoms with Gasteiger partial charge in [0.1, 0.15) is 0 Å². The molecule has 230 valence electrons. The van der Waals surface area contributed by atoms with Gasteiger partial charge in [-0.3, -0.25) is 0 Å². The maximum atomic E-state index is 7.00. The van der Waals surface area contributed by atoms with Crippen LogP contribution in [0.15, 0.2) is 140 Å². The lowest BCUT2D eigenvalue weighted by atomic mass is 9.95. The number of benzene rings is 6. The second-order valence-electron chi connectivity index (χ2n) is 10.9. The van der Waals surface area contributed by atoms with E-state index in [4.69, 9.17) is 5.11 Å². The molecule has 1 heteroatoms. The summed E-state index contributed by atoms with van der Waals surface area (Å²) in [6.07, 6.45) is 1.09. The lowest BCUT2D eigenvalue weighted by Crippen LogP contribution is -1.90. The van der Waals surface area contributed by atoms with Crippen LogP contribution in [-0.4, -0.2) is 12.2 Å². The van der Waals surface area contributed by atoms with Crippen LogP contribution in [0.4, 0.5) is 0 Å². The van der Waals surface area contributed by atoms with Crippen molar-refractivity contribution in [3.8, 4) is 11.1 Å². The third kappa shape index (κ3) is 10.5. The Bertz CT molecular complexity index is 1480. The second kappa shape index (κ2) is 19.9. The molecule has 44 heavy (non-hydrogen) atoms. The molecule has 6 rings (SSSR count). The highest BCUT2D eigenvalue weighted by molar-refractivity contribution is 6.02. The second-order valence-corrected chi connectivity index (χ2v) is 10.9. The molecule has 0 heterocycles. The standard InChI is InChI=1S/C16H14.C12H10.C12H18.C2H6.CH4O/c1-2-14-15-9-5-3-7-12(15)11-13-8-4-6-10-16(13)14;1-3-7-11(8-4-1)12-9-5-2-6-10-12;1-9(2)11-5-7-12(8-6-11)10(3)4;2*1-2/h3-11H,2H2,1H3;1-10H;5-10H,1-4H3;1-2H3;2H,1H3. The first-order valence-electron chi connectivity index (χ1n) is 16.0. The fourth-order valence-corrected chi connectivity index (χ4v) is 5.02. The van der Waals surface area contributed by atoms with Crippen molar-refractivity contribution in [1.82, 2.24) is 0 Å². The molecular formula is C43H52O. The maximum Gasteiger partial charge on any atom is 0.0319 e. The quantitative estimate of drug-likeness (QED) is 0.204. The molecule has 0 aliphatic heterocycles. The highest BCUT2D eigenvalue weighted by Crippen LogP contribution is 2.28. The number of aliphatic hydroxyl groups is 1. The third-order valence-electron chi connectivity index (χ3n) is 7.39. The largest absolute Gasteiger partial charge is 0.400 e. The Morgan fingerprint density at radius 3 is 1.09 bits per heavy atom. The van der Waals surface area contributed by atoms with Crippen molar-refractivity contribution >= 4 is 21.5 Å². The molecule has 0 unspecified atom stereocenters. The monoisotopic (exact) mass is 584 g/mol. The van der Waals surface area contributed by atoms with Crippen LogP contribution in [-0.2, 0) is 6.42 Å². The van der Waals surface area contributed by atoms with Gasteiger partial charge in [-0.2, -0.15) is 0 Å². The minimum absolute atomic E-state index is 0.645. The summed E-state index contributed by atoms with van der Waals surface area (Å²) in [7, 11) is 1.00. The molecule has 1 N–H and O–H groups in total. The minimum Gasteiger partial charge on any atom is -0.400 e. The van der Waals surface area contributed by atoms with Crippen molar-refractivity contribution < 1.29 is 5.11 Å². The number of rotatable bonds is 4. The first-order valence-corrected chi connectivity index (χ1v) is 16.0. The van der Waals surface area contributed by atoms with E-state index < -0.39 is 0 Å². The molecule has 0 fully saturated rings. The van der Waals surface area contributed by atoms with Gasteiger partial charge in [0.2, 0.25) is 0 Å².